The lowest BCUT2D eigenvalue weighted by molar-refractivity contribution is -0.114. The normalized spacial score (nSPS) is 14.4. The van der Waals surface area contributed by atoms with E-state index in [1.807, 2.05) is 37.3 Å². The van der Waals surface area contributed by atoms with Gasteiger partial charge in [-0.3, -0.25) is 4.79 Å². The summed E-state index contributed by atoms with van der Waals surface area (Å²) in [5.41, 5.74) is 2.56. The monoisotopic (exact) mass is 325 g/mol. The zero-order valence-electron chi connectivity index (χ0n) is 14.1. The smallest absolute Gasteiger partial charge is 0.229 e. The van der Waals surface area contributed by atoms with Gasteiger partial charge in [0.05, 0.1) is 0 Å². The molecule has 1 aliphatic rings. The van der Waals surface area contributed by atoms with Crippen LogP contribution in [-0.2, 0) is 4.79 Å². The number of nitrogens with zero attached hydrogens (tertiary/aromatic N) is 2. The fourth-order valence-corrected chi connectivity index (χ4v) is 2.95. The van der Waals surface area contributed by atoms with Crippen molar-refractivity contribution < 1.29 is 4.79 Å². The Labute approximate surface area is 142 Å². The number of rotatable bonds is 5. The van der Waals surface area contributed by atoms with Gasteiger partial charge in [-0.25, -0.2) is 4.98 Å². The van der Waals surface area contributed by atoms with Gasteiger partial charge >= 0.3 is 0 Å². The van der Waals surface area contributed by atoms with Gasteiger partial charge in [-0.15, -0.1) is 0 Å². The fraction of sp³-hybridized carbons (Fsp3) is 0.389. The van der Waals surface area contributed by atoms with Gasteiger partial charge in [-0.05, 0) is 44.0 Å². The Morgan fingerprint density at radius 1 is 1.08 bits per heavy atom. The lowest BCUT2D eigenvalue weighted by Gasteiger charge is -2.14. The van der Waals surface area contributed by atoms with E-state index in [4.69, 9.17) is 0 Å². The number of anilines is 4. The lowest BCUT2D eigenvalue weighted by Crippen LogP contribution is -2.16. The summed E-state index contributed by atoms with van der Waals surface area (Å²) in [4.78, 5) is 20.1. The second-order valence-corrected chi connectivity index (χ2v) is 6.23. The molecule has 1 amide bonds. The first-order valence-corrected chi connectivity index (χ1v) is 8.35. The minimum absolute atomic E-state index is 0.0830. The standard InChI is InChI=1S/C18H23N5O/c1-12-11-17(21-14-5-3-4-6-14)23-18(19-12)22-16-9-7-15(8-10-16)20-13(2)24/h7-11,14H,3-6H2,1-2H3,(H,20,24)(H2,19,21,22,23). The highest BCUT2D eigenvalue weighted by molar-refractivity contribution is 5.88. The van der Waals surface area contributed by atoms with Crippen LogP contribution in [0.25, 0.3) is 0 Å². The Morgan fingerprint density at radius 3 is 2.42 bits per heavy atom. The first kappa shape index (κ1) is 16.2. The molecule has 24 heavy (non-hydrogen) atoms. The van der Waals surface area contributed by atoms with Crippen molar-refractivity contribution in [2.45, 2.75) is 45.6 Å². The van der Waals surface area contributed by atoms with Crippen LogP contribution in [0.5, 0.6) is 0 Å². The van der Waals surface area contributed by atoms with Crippen molar-refractivity contribution >= 4 is 29.0 Å². The third-order valence-corrected chi connectivity index (χ3v) is 4.02. The van der Waals surface area contributed by atoms with E-state index < -0.39 is 0 Å². The maximum Gasteiger partial charge on any atom is 0.229 e. The van der Waals surface area contributed by atoms with Crippen molar-refractivity contribution in [3.8, 4) is 0 Å². The molecule has 0 bridgehead atoms. The van der Waals surface area contributed by atoms with Gasteiger partial charge in [0.25, 0.3) is 0 Å². The Morgan fingerprint density at radius 2 is 1.75 bits per heavy atom. The third-order valence-electron chi connectivity index (χ3n) is 4.02. The van der Waals surface area contributed by atoms with E-state index in [0.717, 1.165) is 22.9 Å². The maximum atomic E-state index is 11.1. The van der Waals surface area contributed by atoms with Gasteiger partial charge in [0.15, 0.2) is 0 Å². The average Bonchev–Trinajstić information content (AvgIpc) is 3.01. The van der Waals surface area contributed by atoms with E-state index in [2.05, 4.69) is 25.9 Å². The molecule has 0 atom stereocenters. The summed E-state index contributed by atoms with van der Waals surface area (Å²) in [5.74, 6) is 1.36. The van der Waals surface area contributed by atoms with Crippen LogP contribution < -0.4 is 16.0 Å². The average molecular weight is 325 g/mol. The molecule has 6 heteroatoms. The Bertz CT molecular complexity index is 708. The molecule has 6 nitrogen and oxygen atoms in total. The second-order valence-electron chi connectivity index (χ2n) is 6.23. The zero-order valence-corrected chi connectivity index (χ0v) is 14.1. The van der Waals surface area contributed by atoms with E-state index in [1.54, 1.807) is 0 Å². The number of nitrogens with one attached hydrogen (secondary N) is 3. The third kappa shape index (κ3) is 4.44. The summed E-state index contributed by atoms with van der Waals surface area (Å²) in [7, 11) is 0. The summed E-state index contributed by atoms with van der Waals surface area (Å²) in [5, 5.41) is 9.46. The summed E-state index contributed by atoms with van der Waals surface area (Å²) in [6, 6.07) is 9.96. The topological polar surface area (TPSA) is 78.9 Å². The van der Waals surface area contributed by atoms with Crippen LogP contribution in [0.4, 0.5) is 23.1 Å². The number of benzene rings is 1. The molecule has 1 fully saturated rings. The van der Waals surface area contributed by atoms with Gasteiger partial charge in [0.1, 0.15) is 5.82 Å². The van der Waals surface area contributed by atoms with E-state index in [-0.39, 0.29) is 5.91 Å². The summed E-state index contributed by atoms with van der Waals surface area (Å²) in [6.45, 7) is 3.46. The largest absolute Gasteiger partial charge is 0.367 e. The molecule has 3 rings (SSSR count). The van der Waals surface area contributed by atoms with Crippen molar-refractivity contribution in [2.24, 2.45) is 0 Å². The number of aromatic nitrogens is 2. The van der Waals surface area contributed by atoms with E-state index in [9.17, 15) is 4.79 Å². The van der Waals surface area contributed by atoms with E-state index >= 15 is 0 Å². The predicted octanol–water partition coefficient (Wildman–Crippen LogP) is 3.84. The van der Waals surface area contributed by atoms with Crippen molar-refractivity contribution in [1.82, 2.24) is 9.97 Å². The molecule has 2 aromatic rings. The number of aryl methyl sites for hydroxylation is 1. The molecule has 1 aromatic carbocycles. The van der Waals surface area contributed by atoms with Crippen LogP contribution >= 0.6 is 0 Å². The Hall–Kier alpha value is -2.63. The molecule has 3 N–H and O–H groups in total. The molecule has 0 saturated heterocycles. The van der Waals surface area contributed by atoms with Gasteiger partial charge in [-0.1, -0.05) is 12.8 Å². The number of amides is 1. The molecule has 0 radical (unpaired) electrons. The number of hydrogen-bond acceptors (Lipinski definition) is 5. The van der Waals surface area contributed by atoms with Gasteiger partial charge in [0, 0.05) is 36.1 Å². The van der Waals surface area contributed by atoms with Crippen LogP contribution in [0.15, 0.2) is 30.3 Å². The molecule has 1 saturated carbocycles. The molecular formula is C18H23N5O. The molecule has 0 spiro atoms. The second kappa shape index (κ2) is 7.29. The van der Waals surface area contributed by atoms with E-state index in [0.29, 0.717) is 12.0 Å². The molecule has 1 heterocycles. The van der Waals surface area contributed by atoms with Crippen LogP contribution in [0.1, 0.15) is 38.3 Å². The molecule has 1 aliphatic carbocycles. The minimum Gasteiger partial charge on any atom is -0.367 e. The molecule has 1 aromatic heterocycles. The van der Waals surface area contributed by atoms with Crippen LogP contribution in [0.2, 0.25) is 0 Å². The van der Waals surface area contributed by atoms with Crippen LogP contribution in [0, 0.1) is 6.92 Å². The zero-order chi connectivity index (χ0) is 16.9. The van der Waals surface area contributed by atoms with Crippen molar-refractivity contribution in [1.29, 1.82) is 0 Å². The Kier molecular flexibility index (Phi) is 4.93. The Balaban J connectivity index is 1.69. The number of carbonyl (C=O) groups excluding carboxylic acids is 1. The molecular weight excluding hydrogens is 302 g/mol. The quantitative estimate of drug-likeness (QED) is 0.778. The lowest BCUT2D eigenvalue weighted by atomic mass is 10.2. The van der Waals surface area contributed by atoms with Gasteiger partial charge < -0.3 is 16.0 Å². The minimum atomic E-state index is -0.0830. The molecule has 0 unspecified atom stereocenters. The highest BCUT2D eigenvalue weighted by Crippen LogP contribution is 2.23. The van der Waals surface area contributed by atoms with Crippen molar-refractivity contribution in [3.63, 3.8) is 0 Å². The number of hydrogen-bond donors (Lipinski definition) is 3. The first-order chi connectivity index (χ1) is 11.6. The molecule has 0 aliphatic heterocycles. The highest BCUT2D eigenvalue weighted by atomic mass is 16.1. The van der Waals surface area contributed by atoms with Gasteiger partial charge in [-0.2, -0.15) is 4.98 Å². The van der Waals surface area contributed by atoms with Gasteiger partial charge in [0.2, 0.25) is 11.9 Å². The van der Waals surface area contributed by atoms with Crippen LogP contribution in [-0.4, -0.2) is 21.9 Å². The van der Waals surface area contributed by atoms with Crippen LogP contribution in [0.3, 0.4) is 0 Å². The number of carbonyl (C=O) groups is 1. The summed E-state index contributed by atoms with van der Waals surface area (Å²) < 4.78 is 0. The van der Waals surface area contributed by atoms with Crippen molar-refractivity contribution in [2.75, 3.05) is 16.0 Å². The summed E-state index contributed by atoms with van der Waals surface area (Å²) >= 11 is 0. The van der Waals surface area contributed by atoms with E-state index in [1.165, 1.54) is 32.6 Å². The first-order valence-electron chi connectivity index (χ1n) is 8.35. The summed E-state index contributed by atoms with van der Waals surface area (Å²) in [6.07, 6.45) is 4.98. The maximum absolute atomic E-state index is 11.1. The predicted molar refractivity (Wildman–Crippen MR) is 96.7 cm³/mol. The highest BCUT2D eigenvalue weighted by Gasteiger charge is 2.15. The SMILES string of the molecule is CC(=O)Nc1ccc(Nc2nc(C)cc(NC3CCCC3)n2)cc1. The molecule has 126 valence electrons. The van der Waals surface area contributed by atoms with Crippen molar-refractivity contribution in [3.05, 3.63) is 36.0 Å². The fourth-order valence-electron chi connectivity index (χ4n) is 2.95.